The van der Waals surface area contributed by atoms with Crippen LogP contribution >= 0.6 is 0 Å². The number of hydrogen-bond donors (Lipinski definition) is 2. The smallest absolute Gasteiger partial charge is 0.331 e. The minimum Gasteiger partial charge on any atom is -0.478 e. The second kappa shape index (κ2) is 11.3. The first-order valence-electron chi connectivity index (χ1n) is 7.32. The molecule has 0 unspecified atom stereocenters. The molecule has 0 fully saturated rings. The van der Waals surface area contributed by atoms with Crippen LogP contribution in [-0.4, -0.2) is 46.0 Å². The van der Waals surface area contributed by atoms with Gasteiger partial charge in [-0.05, 0) is 12.8 Å². The number of ether oxygens (including phenoxy) is 2. The van der Waals surface area contributed by atoms with Crippen molar-refractivity contribution >= 4 is 35.8 Å². The molecule has 0 aliphatic rings. The minimum absolute atomic E-state index is 0.150. The van der Waals surface area contributed by atoms with Crippen molar-refractivity contribution in [3.05, 3.63) is 24.3 Å². The first-order valence-corrected chi connectivity index (χ1v) is 7.32. The van der Waals surface area contributed by atoms with E-state index >= 15 is 0 Å². The second-order valence-electron chi connectivity index (χ2n) is 5.07. The van der Waals surface area contributed by atoms with Crippen LogP contribution in [-0.2, 0) is 38.2 Å². The molecule has 0 amide bonds. The van der Waals surface area contributed by atoms with E-state index in [4.69, 9.17) is 10.2 Å². The Morgan fingerprint density at radius 3 is 1.19 bits per heavy atom. The molecule has 0 saturated carbocycles. The normalized spacial score (nSPS) is 9.69. The van der Waals surface area contributed by atoms with Crippen molar-refractivity contribution in [2.45, 2.75) is 38.5 Å². The third kappa shape index (κ3) is 10.5. The second-order valence-corrected chi connectivity index (χ2v) is 5.07. The fourth-order valence-electron chi connectivity index (χ4n) is 1.47. The van der Waals surface area contributed by atoms with E-state index in [1.165, 1.54) is 0 Å². The maximum atomic E-state index is 11.4. The van der Waals surface area contributed by atoms with Crippen molar-refractivity contribution in [2.24, 2.45) is 0 Å². The highest BCUT2D eigenvalue weighted by Crippen LogP contribution is 2.07. The number of rotatable bonds is 11. The van der Waals surface area contributed by atoms with Gasteiger partial charge in [0.15, 0.2) is 0 Å². The fraction of sp³-hybridized carbons (Fsp3) is 0.375. The summed E-state index contributed by atoms with van der Waals surface area (Å²) < 4.78 is 8.74. The predicted molar refractivity (Wildman–Crippen MR) is 83.5 cm³/mol. The van der Waals surface area contributed by atoms with Gasteiger partial charge in [0.05, 0.1) is 12.8 Å². The highest BCUT2D eigenvalue weighted by atomic mass is 16.6. The number of carboxylic acids is 2. The van der Waals surface area contributed by atoms with Gasteiger partial charge in [0.1, 0.15) is 0 Å². The molecule has 142 valence electrons. The average molecular weight is 370 g/mol. The zero-order valence-corrected chi connectivity index (χ0v) is 13.8. The van der Waals surface area contributed by atoms with Crippen molar-refractivity contribution in [3.8, 4) is 0 Å². The highest BCUT2D eigenvalue weighted by Gasteiger charge is 2.17. The molecule has 0 atom stereocenters. The molecule has 0 aromatic rings. The van der Waals surface area contributed by atoms with Gasteiger partial charge in [-0.15, -0.1) is 0 Å². The van der Waals surface area contributed by atoms with Gasteiger partial charge in [0, 0.05) is 24.0 Å². The zero-order chi connectivity index (χ0) is 20.3. The monoisotopic (exact) mass is 370 g/mol. The topological polar surface area (TPSA) is 161 Å². The number of carboxylic acid groups (broad SMARTS) is 2. The van der Waals surface area contributed by atoms with Gasteiger partial charge in [-0.2, -0.15) is 0 Å². The largest absolute Gasteiger partial charge is 0.478 e. The molecular formula is C16H18O10. The number of unbranched alkanes of at least 4 members (excludes halogenated alkanes) is 1. The Labute approximate surface area is 148 Å². The van der Waals surface area contributed by atoms with E-state index in [2.05, 4.69) is 22.6 Å². The van der Waals surface area contributed by atoms with Crippen molar-refractivity contribution < 1.29 is 48.5 Å². The highest BCUT2D eigenvalue weighted by molar-refractivity contribution is 5.95. The van der Waals surface area contributed by atoms with E-state index in [1.807, 2.05) is 0 Å². The Hall–Kier alpha value is -3.30. The molecule has 10 heteroatoms. The molecule has 0 aliphatic carbocycles. The number of esters is 4. The van der Waals surface area contributed by atoms with Gasteiger partial charge < -0.3 is 19.7 Å². The van der Waals surface area contributed by atoms with Crippen LogP contribution in [0.15, 0.2) is 24.3 Å². The van der Waals surface area contributed by atoms with Crippen molar-refractivity contribution in [1.82, 2.24) is 0 Å². The first-order chi connectivity index (χ1) is 12.0. The van der Waals surface area contributed by atoms with E-state index in [0.29, 0.717) is 0 Å². The summed E-state index contributed by atoms with van der Waals surface area (Å²) in [6, 6.07) is 0. The molecule has 0 bridgehead atoms. The van der Waals surface area contributed by atoms with E-state index in [1.54, 1.807) is 0 Å². The lowest BCUT2D eigenvalue weighted by molar-refractivity contribution is -0.162. The molecule has 26 heavy (non-hydrogen) atoms. The molecule has 2 N–H and O–H groups in total. The van der Waals surface area contributed by atoms with Gasteiger partial charge in [0.25, 0.3) is 0 Å². The molecule has 0 radical (unpaired) electrons. The lowest BCUT2D eigenvalue weighted by Gasteiger charge is -2.04. The molecule has 0 rings (SSSR count). The van der Waals surface area contributed by atoms with E-state index < -0.39 is 59.8 Å². The van der Waals surface area contributed by atoms with Crippen molar-refractivity contribution in [1.29, 1.82) is 0 Å². The summed E-state index contributed by atoms with van der Waals surface area (Å²) in [5.74, 6) is -6.65. The first kappa shape index (κ1) is 22.7. The van der Waals surface area contributed by atoms with Crippen LogP contribution in [0.3, 0.4) is 0 Å². The van der Waals surface area contributed by atoms with Crippen LogP contribution in [0.1, 0.15) is 38.5 Å². The maximum absolute atomic E-state index is 11.4. The van der Waals surface area contributed by atoms with Crippen LogP contribution in [0, 0.1) is 0 Å². The third-order valence-corrected chi connectivity index (χ3v) is 2.79. The van der Waals surface area contributed by atoms with Crippen LogP contribution in [0.4, 0.5) is 0 Å². The number of aliphatic carboxylic acids is 2. The summed E-state index contributed by atoms with van der Waals surface area (Å²) in [6.07, 6.45) is -1.37. The van der Waals surface area contributed by atoms with Crippen molar-refractivity contribution in [3.63, 3.8) is 0 Å². The Kier molecular flexibility index (Phi) is 9.86. The van der Waals surface area contributed by atoms with Gasteiger partial charge in [-0.1, -0.05) is 13.2 Å². The minimum atomic E-state index is -1.38. The summed E-state index contributed by atoms with van der Waals surface area (Å²) in [5, 5.41) is 17.1. The van der Waals surface area contributed by atoms with Gasteiger partial charge >= 0.3 is 35.8 Å². The Bertz CT molecular complexity index is 587. The molecule has 0 spiro atoms. The SMILES string of the molecule is C=C(CC(=O)OC(=O)CCCCC(=O)OC(=O)CC(=C)C(=O)O)C(=O)O. The molecule has 0 aliphatic heterocycles. The summed E-state index contributed by atoms with van der Waals surface area (Å²) in [6.45, 7) is 6.24. The summed E-state index contributed by atoms with van der Waals surface area (Å²) in [7, 11) is 0. The number of carbonyl (C=O) groups is 6. The zero-order valence-electron chi connectivity index (χ0n) is 13.8. The van der Waals surface area contributed by atoms with Crippen LogP contribution in [0.25, 0.3) is 0 Å². The van der Waals surface area contributed by atoms with E-state index in [9.17, 15) is 28.8 Å². The van der Waals surface area contributed by atoms with Crippen LogP contribution in [0.5, 0.6) is 0 Å². The summed E-state index contributed by atoms with van der Waals surface area (Å²) >= 11 is 0. The van der Waals surface area contributed by atoms with E-state index in [-0.39, 0.29) is 25.7 Å². The quantitative estimate of drug-likeness (QED) is 0.230. The standard InChI is InChI=1S/C16H18O10/c1-9(15(21)22)7-13(19)25-11(17)5-3-4-6-12(18)26-14(20)8-10(2)16(23)24/h1-8H2,(H,21,22)(H,23,24). The van der Waals surface area contributed by atoms with Gasteiger partial charge in [-0.3, -0.25) is 19.2 Å². The van der Waals surface area contributed by atoms with Crippen LogP contribution < -0.4 is 0 Å². The molecular weight excluding hydrogens is 352 g/mol. The predicted octanol–water partition coefficient (Wildman–Crippen LogP) is 0.748. The fourth-order valence-corrected chi connectivity index (χ4v) is 1.47. The van der Waals surface area contributed by atoms with E-state index in [0.717, 1.165) is 0 Å². The van der Waals surface area contributed by atoms with Crippen LogP contribution in [0.2, 0.25) is 0 Å². The lowest BCUT2D eigenvalue weighted by Crippen LogP contribution is -2.16. The Morgan fingerprint density at radius 1 is 0.615 bits per heavy atom. The number of hydrogen-bond acceptors (Lipinski definition) is 8. The Morgan fingerprint density at radius 2 is 0.923 bits per heavy atom. The molecule has 0 aromatic carbocycles. The lowest BCUT2D eigenvalue weighted by atomic mass is 10.2. The molecule has 10 nitrogen and oxygen atoms in total. The third-order valence-electron chi connectivity index (χ3n) is 2.79. The number of carbonyl (C=O) groups excluding carboxylic acids is 4. The summed E-state index contributed by atoms with van der Waals surface area (Å²) in [4.78, 5) is 66.1. The maximum Gasteiger partial charge on any atom is 0.331 e. The molecule has 0 heterocycles. The Balaban J connectivity index is 3.97. The summed E-state index contributed by atoms with van der Waals surface area (Å²) in [5.41, 5.74) is -0.832. The average Bonchev–Trinajstić information content (AvgIpc) is 2.50. The van der Waals surface area contributed by atoms with Gasteiger partial charge in [0.2, 0.25) is 0 Å². The molecule has 0 saturated heterocycles. The van der Waals surface area contributed by atoms with Crippen molar-refractivity contribution in [2.75, 3.05) is 0 Å². The van der Waals surface area contributed by atoms with Gasteiger partial charge in [-0.25, -0.2) is 9.59 Å². The molecule has 0 aromatic heterocycles.